The summed E-state index contributed by atoms with van der Waals surface area (Å²) in [5.74, 6) is -0.295. The number of benzene rings is 2. The molecule has 6 heteroatoms. The van der Waals surface area contributed by atoms with Crippen LogP contribution in [0.4, 0.5) is 4.39 Å². The number of rotatable bonds is 6. The third-order valence-electron chi connectivity index (χ3n) is 9.28. The molecular formula is C34H46FNO4. The minimum absolute atomic E-state index is 0.348. The number of ether oxygens (including phenoxy) is 2. The van der Waals surface area contributed by atoms with E-state index in [9.17, 15) is 9.90 Å². The van der Waals surface area contributed by atoms with Gasteiger partial charge in [0.05, 0.1) is 12.2 Å². The van der Waals surface area contributed by atoms with Gasteiger partial charge in [0.1, 0.15) is 0 Å². The Labute approximate surface area is 239 Å². The van der Waals surface area contributed by atoms with Crippen LogP contribution < -0.4 is 4.74 Å². The van der Waals surface area contributed by atoms with Gasteiger partial charge in [-0.05, 0) is 125 Å². The van der Waals surface area contributed by atoms with Crippen molar-refractivity contribution in [2.24, 2.45) is 5.92 Å². The first-order valence-corrected chi connectivity index (χ1v) is 15.2. The topological polar surface area (TPSA) is 59.0 Å². The Morgan fingerprint density at radius 1 is 1.05 bits per heavy atom. The van der Waals surface area contributed by atoms with E-state index >= 15 is 4.39 Å². The molecule has 0 saturated heterocycles. The first-order chi connectivity index (χ1) is 19.0. The number of fused-ring (bicyclic) bond motifs is 2. The van der Waals surface area contributed by atoms with Crippen molar-refractivity contribution in [1.29, 1.82) is 0 Å². The Morgan fingerprint density at radius 3 is 2.45 bits per heavy atom. The maximum absolute atomic E-state index is 15.6. The Kier molecular flexibility index (Phi) is 8.32. The van der Waals surface area contributed by atoms with Crippen LogP contribution in [0.5, 0.6) is 5.75 Å². The number of carboxylic acid groups (broad SMARTS) is 1. The van der Waals surface area contributed by atoms with Crippen LogP contribution >= 0.6 is 0 Å². The van der Waals surface area contributed by atoms with Gasteiger partial charge in [0, 0.05) is 30.8 Å². The van der Waals surface area contributed by atoms with Gasteiger partial charge in [-0.25, -0.2) is 9.18 Å². The Hall–Kier alpha value is -2.44. The van der Waals surface area contributed by atoms with E-state index < -0.39 is 17.7 Å². The average molecular weight is 552 g/mol. The molecule has 5 nitrogen and oxygen atoms in total. The number of carbonyl (C=O) groups is 1. The molecule has 1 N–H and O–H groups in total. The average Bonchev–Trinajstić information content (AvgIpc) is 2.91. The Morgan fingerprint density at radius 2 is 1.77 bits per heavy atom. The van der Waals surface area contributed by atoms with Crippen LogP contribution in [-0.2, 0) is 28.9 Å². The molecule has 40 heavy (non-hydrogen) atoms. The van der Waals surface area contributed by atoms with Crippen molar-refractivity contribution in [3.8, 4) is 16.9 Å². The van der Waals surface area contributed by atoms with Crippen molar-refractivity contribution in [3.63, 3.8) is 0 Å². The standard InChI is InChI=1S/C34H46FNO4/c1-20-25-13-10-16-39-31(25)28(35)17-26(20)29-22(3)27-19-36(18-23-11-8-7-9-12-23)15-14-24(27)21(2)30(29)32(33(37)38)40-34(4,5)6/h17,23,32H,7-16,18-19H2,1-6H3,(H,37,38). The van der Waals surface area contributed by atoms with Crippen molar-refractivity contribution < 1.29 is 23.8 Å². The van der Waals surface area contributed by atoms with Crippen molar-refractivity contribution in [1.82, 2.24) is 4.90 Å². The molecule has 218 valence electrons. The molecule has 0 aromatic heterocycles. The van der Waals surface area contributed by atoms with Crippen molar-refractivity contribution >= 4 is 5.97 Å². The summed E-state index contributed by atoms with van der Waals surface area (Å²) in [7, 11) is 0. The molecule has 2 aromatic rings. The van der Waals surface area contributed by atoms with Crippen LogP contribution in [0, 0.1) is 32.5 Å². The normalized spacial score (nSPS) is 19.1. The first kappa shape index (κ1) is 29.1. The second-order valence-electron chi connectivity index (χ2n) is 13.2. The fraction of sp³-hybridized carbons (Fsp3) is 0.618. The SMILES string of the molecule is Cc1c(-c2c(C)c3c(c(C)c2C(OC(C)(C)C)C(=O)O)CCN(CC2CCCCC2)C3)cc(F)c2c1CCCO2. The number of hydrogen-bond donors (Lipinski definition) is 1. The molecular weight excluding hydrogens is 505 g/mol. The largest absolute Gasteiger partial charge is 0.490 e. The zero-order chi connectivity index (χ0) is 28.8. The van der Waals surface area contributed by atoms with Gasteiger partial charge in [0.2, 0.25) is 0 Å². The van der Waals surface area contributed by atoms with Crippen molar-refractivity contribution in [2.75, 3.05) is 19.7 Å². The minimum Gasteiger partial charge on any atom is -0.490 e. The summed E-state index contributed by atoms with van der Waals surface area (Å²) in [4.78, 5) is 15.4. The van der Waals surface area contributed by atoms with E-state index in [0.717, 1.165) is 78.2 Å². The van der Waals surface area contributed by atoms with E-state index in [0.29, 0.717) is 17.9 Å². The summed E-state index contributed by atoms with van der Waals surface area (Å²) in [5.41, 5.74) is 7.96. The molecule has 1 atom stereocenters. The van der Waals surface area contributed by atoms with E-state index in [1.54, 1.807) is 6.07 Å². The lowest BCUT2D eigenvalue weighted by molar-refractivity contribution is -0.160. The van der Waals surface area contributed by atoms with Gasteiger partial charge in [-0.3, -0.25) is 4.90 Å². The maximum atomic E-state index is 15.6. The van der Waals surface area contributed by atoms with E-state index in [2.05, 4.69) is 11.8 Å². The van der Waals surface area contributed by atoms with Crippen LogP contribution in [0.15, 0.2) is 6.07 Å². The summed E-state index contributed by atoms with van der Waals surface area (Å²) in [5, 5.41) is 10.5. The van der Waals surface area contributed by atoms with Gasteiger partial charge < -0.3 is 14.6 Å². The highest BCUT2D eigenvalue weighted by Gasteiger charge is 2.36. The first-order valence-electron chi connectivity index (χ1n) is 15.2. The van der Waals surface area contributed by atoms with Gasteiger partial charge >= 0.3 is 5.97 Å². The van der Waals surface area contributed by atoms with Crippen molar-refractivity contribution in [3.05, 3.63) is 50.8 Å². The molecule has 2 aliphatic heterocycles. The van der Waals surface area contributed by atoms with E-state index in [-0.39, 0.29) is 5.82 Å². The molecule has 0 radical (unpaired) electrons. The lowest BCUT2D eigenvalue weighted by Crippen LogP contribution is -2.36. The highest BCUT2D eigenvalue weighted by Crippen LogP contribution is 2.46. The molecule has 0 bridgehead atoms. The number of aliphatic carboxylic acids is 1. The predicted molar refractivity (Wildman–Crippen MR) is 157 cm³/mol. The molecule has 0 spiro atoms. The molecule has 2 aromatic carbocycles. The summed E-state index contributed by atoms with van der Waals surface area (Å²) < 4.78 is 27.6. The zero-order valence-corrected chi connectivity index (χ0v) is 25.2. The van der Waals surface area contributed by atoms with Gasteiger partial charge in [-0.2, -0.15) is 0 Å². The Bertz CT molecular complexity index is 1290. The molecule has 0 amide bonds. The van der Waals surface area contributed by atoms with E-state index in [1.165, 1.54) is 43.2 Å². The number of halogens is 1. The molecule has 5 rings (SSSR count). The van der Waals surface area contributed by atoms with Gasteiger partial charge in [-0.15, -0.1) is 0 Å². The predicted octanol–water partition coefficient (Wildman–Crippen LogP) is 7.62. The van der Waals surface area contributed by atoms with Crippen LogP contribution in [0.3, 0.4) is 0 Å². The molecule has 1 saturated carbocycles. The minimum atomic E-state index is -1.16. The number of hydrogen-bond acceptors (Lipinski definition) is 4. The lowest BCUT2D eigenvalue weighted by atomic mass is 9.78. The summed E-state index contributed by atoms with van der Waals surface area (Å²) in [6.07, 6.45) is 7.96. The molecule has 2 heterocycles. The Balaban J connectivity index is 1.69. The van der Waals surface area contributed by atoms with Crippen LogP contribution in [0.1, 0.15) is 104 Å². The zero-order valence-electron chi connectivity index (χ0n) is 25.2. The summed E-state index contributed by atoms with van der Waals surface area (Å²) in [6.45, 7) is 15.3. The fourth-order valence-corrected chi connectivity index (χ4v) is 7.35. The van der Waals surface area contributed by atoms with Gasteiger partial charge in [0.15, 0.2) is 17.7 Å². The van der Waals surface area contributed by atoms with Gasteiger partial charge in [-0.1, -0.05) is 19.3 Å². The van der Waals surface area contributed by atoms with E-state index in [4.69, 9.17) is 9.47 Å². The fourth-order valence-electron chi connectivity index (χ4n) is 7.35. The smallest absolute Gasteiger partial charge is 0.337 e. The maximum Gasteiger partial charge on any atom is 0.337 e. The third kappa shape index (κ3) is 5.67. The third-order valence-corrected chi connectivity index (χ3v) is 9.28. The molecule has 1 fully saturated rings. The van der Waals surface area contributed by atoms with Gasteiger partial charge in [0.25, 0.3) is 0 Å². The number of carboxylic acids is 1. The van der Waals surface area contributed by atoms with E-state index in [1.807, 2.05) is 34.6 Å². The highest BCUT2D eigenvalue weighted by molar-refractivity contribution is 5.85. The quantitative estimate of drug-likeness (QED) is 0.400. The lowest BCUT2D eigenvalue weighted by Gasteiger charge is -2.37. The van der Waals surface area contributed by atoms with Crippen LogP contribution in [0.2, 0.25) is 0 Å². The molecule has 1 aliphatic carbocycles. The number of nitrogens with zero attached hydrogens (tertiary/aromatic N) is 1. The summed E-state index contributed by atoms with van der Waals surface area (Å²) >= 11 is 0. The van der Waals surface area contributed by atoms with Crippen LogP contribution in [-0.4, -0.2) is 41.3 Å². The molecule has 1 unspecified atom stereocenters. The monoisotopic (exact) mass is 551 g/mol. The molecule has 3 aliphatic rings. The highest BCUT2D eigenvalue weighted by atomic mass is 19.1. The van der Waals surface area contributed by atoms with Crippen molar-refractivity contribution in [2.45, 2.75) is 111 Å². The second-order valence-corrected chi connectivity index (χ2v) is 13.2. The summed E-state index contributed by atoms with van der Waals surface area (Å²) in [6, 6.07) is 1.57. The second kappa shape index (κ2) is 11.4. The van der Waals surface area contributed by atoms with Crippen LogP contribution in [0.25, 0.3) is 11.1 Å².